The van der Waals surface area contributed by atoms with Gasteiger partial charge < -0.3 is 24.6 Å². The lowest BCUT2D eigenvalue weighted by Crippen LogP contribution is -2.40. The van der Waals surface area contributed by atoms with E-state index < -0.39 is 0 Å². The Morgan fingerprint density at radius 1 is 1.09 bits per heavy atom. The monoisotopic (exact) mass is 455 g/mol. The summed E-state index contributed by atoms with van der Waals surface area (Å²) in [6.45, 7) is 6.52. The molecule has 1 aromatic carbocycles. The molecule has 10 nitrogen and oxygen atoms in total. The van der Waals surface area contributed by atoms with Crippen molar-refractivity contribution in [2.24, 2.45) is 0 Å². The Bertz CT molecular complexity index is 1060. The van der Waals surface area contributed by atoms with Gasteiger partial charge >= 0.3 is 0 Å². The van der Waals surface area contributed by atoms with Gasteiger partial charge in [0.1, 0.15) is 0 Å². The number of rotatable bonds is 6. The number of carbonyl (C=O) groups is 2. The molecule has 33 heavy (non-hydrogen) atoms. The van der Waals surface area contributed by atoms with Gasteiger partial charge in [-0.1, -0.05) is 6.07 Å². The predicted molar refractivity (Wildman–Crippen MR) is 123 cm³/mol. The van der Waals surface area contributed by atoms with Crippen LogP contribution < -0.4 is 15.8 Å². The quantitative estimate of drug-likeness (QED) is 0.666. The maximum atomic E-state index is 12.7. The second kappa shape index (κ2) is 10.6. The molecule has 4 rings (SSSR count). The lowest BCUT2D eigenvalue weighted by molar-refractivity contribution is -0.116. The van der Waals surface area contributed by atoms with Crippen LogP contribution in [0.5, 0.6) is 0 Å². The molecule has 0 unspecified atom stereocenters. The number of carbonyl (C=O) groups excluding carboxylic acids is 2. The van der Waals surface area contributed by atoms with Crippen molar-refractivity contribution in [1.82, 2.24) is 14.9 Å². The van der Waals surface area contributed by atoms with Crippen LogP contribution in [0.3, 0.4) is 0 Å². The van der Waals surface area contributed by atoms with E-state index in [9.17, 15) is 14.4 Å². The summed E-state index contributed by atoms with van der Waals surface area (Å²) < 4.78 is 10.6. The molecule has 176 valence electrons. The number of ether oxygens (including phenoxy) is 2. The molecule has 0 atom stereocenters. The minimum atomic E-state index is -0.234. The second-order valence-electron chi connectivity index (χ2n) is 8.09. The Morgan fingerprint density at radius 2 is 1.79 bits per heavy atom. The van der Waals surface area contributed by atoms with E-state index in [1.54, 1.807) is 36.1 Å². The summed E-state index contributed by atoms with van der Waals surface area (Å²) in [4.78, 5) is 48.9. The molecule has 1 aromatic heterocycles. The van der Waals surface area contributed by atoms with Crippen molar-refractivity contribution in [2.45, 2.75) is 19.8 Å². The van der Waals surface area contributed by atoms with Crippen LogP contribution in [-0.4, -0.2) is 79.3 Å². The molecule has 2 aliphatic heterocycles. The van der Waals surface area contributed by atoms with Crippen molar-refractivity contribution in [1.29, 1.82) is 0 Å². The molecule has 0 spiro atoms. The van der Waals surface area contributed by atoms with Gasteiger partial charge in [-0.2, -0.15) is 0 Å². The van der Waals surface area contributed by atoms with E-state index in [-0.39, 0.29) is 30.2 Å². The summed E-state index contributed by atoms with van der Waals surface area (Å²) in [7, 11) is 0. The number of anilines is 2. The van der Waals surface area contributed by atoms with Gasteiger partial charge in [-0.15, -0.1) is 0 Å². The molecule has 2 N–H and O–H groups in total. The van der Waals surface area contributed by atoms with Gasteiger partial charge in [0, 0.05) is 55.1 Å². The highest BCUT2D eigenvalue weighted by Crippen LogP contribution is 2.15. The average Bonchev–Trinajstić information content (AvgIpc) is 2.84. The SMILES string of the molecule is Cc1nc(N2CCOCC2)[nH]c(=O)c1CCC(=O)Nc1cccc(C(=O)N2CCOCC2)c1. The predicted octanol–water partition coefficient (Wildman–Crippen LogP) is 0.959. The first-order valence-corrected chi connectivity index (χ1v) is 11.2. The lowest BCUT2D eigenvalue weighted by Gasteiger charge is -2.27. The molecule has 2 amide bonds. The highest BCUT2D eigenvalue weighted by Gasteiger charge is 2.19. The van der Waals surface area contributed by atoms with Gasteiger partial charge in [0.2, 0.25) is 11.9 Å². The smallest absolute Gasteiger partial charge is 0.255 e. The summed E-state index contributed by atoms with van der Waals surface area (Å²) in [5.41, 5.74) is 1.95. The van der Waals surface area contributed by atoms with Gasteiger partial charge in [-0.3, -0.25) is 19.4 Å². The summed E-state index contributed by atoms with van der Waals surface area (Å²) in [6.07, 6.45) is 0.403. The molecule has 0 bridgehead atoms. The molecule has 2 aromatic rings. The van der Waals surface area contributed by atoms with E-state index in [0.29, 0.717) is 81.1 Å². The highest BCUT2D eigenvalue weighted by molar-refractivity contribution is 5.97. The van der Waals surface area contributed by atoms with Gasteiger partial charge in [-0.05, 0) is 31.5 Å². The zero-order valence-corrected chi connectivity index (χ0v) is 18.8. The number of aromatic amines is 1. The van der Waals surface area contributed by atoms with Crippen LogP contribution in [-0.2, 0) is 20.7 Å². The molecular weight excluding hydrogens is 426 g/mol. The Kier molecular flexibility index (Phi) is 7.36. The van der Waals surface area contributed by atoms with E-state index in [1.807, 2.05) is 4.90 Å². The molecule has 3 heterocycles. The van der Waals surface area contributed by atoms with E-state index >= 15 is 0 Å². The van der Waals surface area contributed by atoms with Crippen LogP contribution in [0.15, 0.2) is 29.1 Å². The van der Waals surface area contributed by atoms with Crippen molar-refractivity contribution < 1.29 is 19.1 Å². The van der Waals surface area contributed by atoms with E-state index in [4.69, 9.17) is 9.47 Å². The largest absolute Gasteiger partial charge is 0.378 e. The van der Waals surface area contributed by atoms with Crippen LogP contribution in [0.2, 0.25) is 0 Å². The van der Waals surface area contributed by atoms with Gasteiger partial charge in [0.25, 0.3) is 11.5 Å². The normalized spacial score (nSPS) is 16.5. The van der Waals surface area contributed by atoms with Crippen LogP contribution in [0.4, 0.5) is 11.6 Å². The van der Waals surface area contributed by atoms with Crippen LogP contribution in [0, 0.1) is 6.92 Å². The van der Waals surface area contributed by atoms with Crippen molar-refractivity contribution >= 4 is 23.5 Å². The maximum Gasteiger partial charge on any atom is 0.255 e. The number of benzene rings is 1. The lowest BCUT2D eigenvalue weighted by atomic mass is 10.1. The number of aromatic nitrogens is 2. The Labute approximate surface area is 191 Å². The number of aryl methyl sites for hydroxylation is 1. The number of H-pyrrole nitrogens is 1. The average molecular weight is 456 g/mol. The van der Waals surface area contributed by atoms with Crippen molar-refractivity contribution in [3.8, 4) is 0 Å². The highest BCUT2D eigenvalue weighted by atomic mass is 16.5. The number of nitrogens with one attached hydrogen (secondary N) is 2. The Balaban J connectivity index is 1.36. The number of hydrogen-bond donors (Lipinski definition) is 2. The van der Waals surface area contributed by atoms with Crippen LogP contribution in [0.25, 0.3) is 0 Å². The number of nitrogens with zero attached hydrogens (tertiary/aromatic N) is 3. The summed E-state index contributed by atoms with van der Waals surface area (Å²) in [5.74, 6) is 0.223. The Hall–Kier alpha value is -3.24. The third kappa shape index (κ3) is 5.77. The zero-order valence-electron chi connectivity index (χ0n) is 18.8. The molecule has 2 aliphatic rings. The van der Waals surface area contributed by atoms with Gasteiger partial charge in [-0.25, -0.2) is 4.98 Å². The fourth-order valence-corrected chi connectivity index (χ4v) is 3.96. The standard InChI is InChI=1S/C23H29N5O5/c1-16-19(21(30)26-23(24-16)28-9-13-33-14-10-28)5-6-20(29)25-18-4-2-3-17(15-18)22(31)27-7-11-32-12-8-27/h2-4,15H,5-14H2,1H3,(H,25,29)(H,24,26,30). The van der Waals surface area contributed by atoms with Crippen LogP contribution >= 0.6 is 0 Å². The first kappa shape index (κ1) is 22.9. The van der Waals surface area contributed by atoms with E-state index in [2.05, 4.69) is 15.3 Å². The number of amides is 2. The fourth-order valence-electron chi connectivity index (χ4n) is 3.96. The molecule has 0 aliphatic carbocycles. The molecule has 0 saturated carbocycles. The minimum absolute atomic E-state index is 0.0806. The molecule has 0 radical (unpaired) electrons. The number of hydrogen-bond acceptors (Lipinski definition) is 7. The molecule has 10 heteroatoms. The summed E-state index contributed by atoms with van der Waals surface area (Å²) in [5, 5.41) is 2.82. The zero-order chi connectivity index (χ0) is 23.2. The summed E-state index contributed by atoms with van der Waals surface area (Å²) in [6, 6.07) is 6.89. The number of morpholine rings is 2. The second-order valence-corrected chi connectivity index (χ2v) is 8.09. The Morgan fingerprint density at radius 3 is 2.48 bits per heavy atom. The van der Waals surface area contributed by atoms with E-state index in [0.717, 1.165) is 0 Å². The first-order chi connectivity index (χ1) is 16.0. The molecule has 2 saturated heterocycles. The first-order valence-electron chi connectivity index (χ1n) is 11.2. The molecule has 2 fully saturated rings. The third-order valence-corrected chi connectivity index (χ3v) is 5.81. The van der Waals surface area contributed by atoms with Crippen molar-refractivity contribution in [3.63, 3.8) is 0 Å². The van der Waals surface area contributed by atoms with Crippen molar-refractivity contribution in [3.05, 3.63) is 51.4 Å². The summed E-state index contributed by atoms with van der Waals surface area (Å²) >= 11 is 0. The van der Waals surface area contributed by atoms with Crippen LogP contribution in [0.1, 0.15) is 28.0 Å². The minimum Gasteiger partial charge on any atom is -0.378 e. The fraction of sp³-hybridized carbons (Fsp3) is 0.478. The maximum absolute atomic E-state index is 12.7. The van der Waals surface area contributed by atoms with Gasteiger partial charge in [0.15, 0.2) is 0 Å². The van der Waals surface area contributed by atoms with Crippen molar-refractivity contribution in [2.75, 3.05) is 62.8 Å². The topological polar surface area (TPSA) is 117 Å². The third-order valence-electron chi connectivity index (χ3n) is 5.81. The molecular formula is C23H29N5O5. The van der Waals surface area contributed by atoms with E-state index in [1.165, 1.54) is 0 Å². The van der Waals surface area contributed by atoms with Gasteiger partial charge in [0.05, 0.1) is 26.4 Å².